The third-order valence-corrected chi connectivity index (χ3v) is 18.4. The second-order valence-electron chi connectivity index (χ2n) is 24.3. The van der Waals surface area contributed by atoms with Gasteiger partial charge in [0, 0.05) is 97.4 Å². The van der Waals surface area contributed by atoms with Gasteiger partial charge in [0.1, 0.15) is 41.0 Å². The van der Waals surface area contributed by atoms with Crippen LogP contribution in [0.3, 0.4) is 0 Å². The molecule has 9 rings (SSSR count). The van der Waals surface area contributed by atoms with E-state index in [0.29, 0.717) is 33.6 Å². The van der Waals surface area contributed by atoms with Crippen molar-refractivity contribution in [2.45, 2.75) is 137 Å². The number of amides is 7. The number of phenolic OH excluding ortho intramolecular Hbond substituents is 2. The molecular weight excluding hydrogens is 1350 g/mol. The highest BCUT2D eigenvalue weighted by atomic mass is 32.2. The number of aromatic hydroxyl groups is 2. The van der Waals surface area contributed by atoms with Crippen molar-refractivity contribution in [3.05, 3.63) is 104 Å². The zero-order valence-corrected chi connectivity index (χ0v) is 55.0. The van der Waals surface area contributed by atoms with Gasteiger partial charge in [-0.25, -0.2) is 20.2 Å². The summed E-state index contributed by atoms with van der Waals surface area (Å²) in [4.78, 5) is 173. The lowest BCUT2D eigenvalue weighted by Crippen LogP contribution is -2.57. The van der Waals surface area contributed by atoms with Gasteiger partial charge in [0.15, 0.2) is 23.2 Å². The molecule has 0 radical (unpaired) electrons. The van der Waals surface area contributed by atoms with Crippen molar-refractivity contribution < 1.29 is 103 Å². The summed E-state index contributed by atoms with van der Waals surface area (Å²) in [6, 6.07) is 3.84. The third-order valence-electron chi connectivity index (χ3n) is 17.1. The smallest absolute Gasteiger partial charge is 0.327 e. The van der Waals surface area contributed by atoms with Crippen molar-refractivity contribution in [1.82, 2.24) is 51.5 Å². The molecular formula is C63H73N15O22S. The molecule has 101 heavy (non-hydrogen) atoms. The highest BCUT2D eigenvalue weighted by Crippen LogP contribution is 2.53. The van der Waals surface area contributed by atoms with E-state index >= 15 is 0 Å². The summed E-state index contributed by atoms with van der Waals surface area (Å²) < 4.78 is 17.5. The van der Waals surface area contributed by atoms with Crippen LogP contribution >= 0.6 is 11.8 Å². The molecule has 3 aromatic carbocycles. The lowest BCUT2D eigenvalue weighted by Gasteiger charge is -2.43. The Kier molecular flexibility index (Phi) is 23.4. The van der Waals surface area contributed by atoms with Crippen molar-refractivity contribution in [3.8, 4) is 17.2 Å². The Balaban J connectivity index is 0.738. The Morgan fingerprint density at radius 3 is 2.32 bits per heavy atom. The molecule has 5 aromatic rings. The molecule has 11 atom stereocenters. The van der Waals surface area contributed by atoms with Crippen molar-refractivity contribution in [2.75, 3.05) is 43.6 Å². The third kappa shape index (κ3) is 17.0. The van der Waals surface area contributed by atoms with E-state index in [1.165, 1.54) is 38.4 Å². The number of benzene rings is 3. The Morgan fingerprint density at radius 1 is 0.921 bits per heavy atom. The van der Waals surface area contributed by atoms with Crippen LogP contribution in [0.15, 0.2) is 58.6 Å². The number of ether oxygens (including phenoxy) is 3. The first-order valence-electron chi connectivity index (χ1n) is 31.4. The fourth-order valence-corrected chi connectivity index (χ4v) is 12.9. The molecule has 38 heteroatoms. The topological polar surface area (TPSA) is 594 Å². The maximum Gasteiger partial charge on any atom is 0.327 e. The number of fused-ring (bicyclic) bond motifs is 4. The number of nitrogens with zero attached hydrogens (tertiary/aromatic N) is 5. The number of aliphatic carboxylic acids is 2. The fourth-order valence-electron chi connectivity index (χ4n) is 11.8. The molecule has 3 unspecified atom stereocenters. The SMILES string of the molecule is COc1cccc2c1C(=O)c1c(O)c3c(c(O)c1C2=O)C[C@@](O)(/C(CO)=N\NC(=O)CCN1C(=O)CC(SC[C@H](NC(=O)[C@H](CC(=O)O)NC(=O)[C@@H](N)CNC(=O)CC[C@H](C)NC(=O)c2ccc(NCc4cnc5nc(N)[nH]c(=O)c5n4)cc2)C(=O)O)C1=O)C[C@@H]3O[C@H]1CC(N)[C@H](O)C(C)O1. The standard InChI is InChI=1S/C63H73N15O22S/c1-25(70-56(90)27-8-10-28(11-9-27)67-20-29-21-69-55-49(71-29)59(93)75-62(66)74-55)7-12-40(80)68-22-33(65)57(91)72-34(16-43(83)84)58(92)73-35(61(95)96)24-101-38-17-42(82)78(60(38)94)14-13-41(81)77-76-39(23-79)63(97)18-31-46(37(19-63)100-44-15-32(64)50(85)26(2)99-44)54(89)48-47(52(31)87)51(86)30-5-4-6-36(98-3)45(30)53(48)88/h4-6,8-11,21,25-26,32-35,37-38,44,50,67,79,85,87,89,97H,7,12-20,22-24,64-65H2,1-3H3,(H,68,80)(H,70,90)(H,72,91)(H,73,92)(H,77,81)(H,83,84)(H,95,96)(H3,66,69,74,75,93)/b76-39-/t25-,26?,32?,33-,34-,35-,37-,38?,44-,50+,63-/m0/s1. The minimum atomic E-state index is -2.40. The zero-order valence-electron chi connectivity index (χ0n) is 54.2. The number of methoxy groups -OCH3 is 1. The quantitative estimate of drug-likeness (QED) is 0.00960. The number of phenols is 2. The molecule has 2 fully saturated rings. The summed E-state index contributed by atoms with van der Waals surface area (Å²) in [7, 11) is 1.26. The van der Waals surface area contributed by atoms with Crippen LogP contribution in [-0.4, -0.2) is 223 Å². The van der Waals surface area contributed by atoms with Crippen LogP contribution < -0.4 is 59.5 Å². The average molecular weight is 1420 g/mol. The first kappa shape index (κ1) is 74.6. The summed E-state index contributed by atoms with van der Waals surface area (Å²) in [5, 5.41) is 92.5. The molecule has 37 nitrogen and oxygen atoms in total. The van der Waals surface area contributed by atoms with Crippen molar-refractivity contribution >= 4 is 105 Å². The number of anilines is 2. The summed E-state index contributed by atoms with van der Waals surface area (Å²) in [6.45, 7) is 1.20. The van der Waals surface area contributed by atoms with Crippen LogP contribution in [0.4, 0.5) is 11.6 Å². The number of nitrogens with one attached hydrogen (secondary N) is 7. The van der Waals surface area contributed by atoms with E-state index in [9.17, 15) is 93.3 Å². The van der Waals surface area contributed by atoms with Gasteiger partial charge in [-0.2, -0.15) is 10.1 Å². The molecule has 20 N–H and O–H groups in total. The van der Waals surface area contributed by atoms with Crippen molar-refractivity contribution in [3.63, 3.8) is 0 Å². The van der Waals surface area contributed by atoms with Gasteiger partial charge >= 0.3 is 11.9 Å². The molecule has 0 bridgehead atoms. The molecule has 2 aliphatic carbocycles. The van der Waals surface area contributed by atoms with Crippen molar-refractivity contribution in [2.24, 2.45) is 16.6 Å². The second kappa shape index (κ2) is 31.7. The number of nitrogen functional groups attached to an aromatic ring is 1. The van der Waals surface area contributed by atoms with E-state index in [-0.39, 0.29) is 70.9 Å². The minimum absolute atomic E-state index is 0.00337. The number of H-pyrrole nitrogens is 1. The number of carboxylic acids is 2. The largest absolute Gasteiger partial charge is 0.507 e. The van der Waals surface area contributed by atoms with Crippen LogP contribution in [0.1, 0.15) is 124 Å². The van der Waals surface area contributed by atoms with Crippen molar-refractivity contribution in [1.29, 1.82) is 0 Å². The average Bonchev–Trinajstić information content (AvgIpc) is 0.950. The van der Waals surface area contributed by atoms with E-state index in [2.05, 4.69) is 57.0 Å². The van der Waals surface area contributed by atoms with Gasteiger partial charge in [0.25, 0.3) is 11.5 Å². The minimum Gasteiger partial charge on any atom is -0.507 e. The molecule has 2 aliphatic heterocycles. The van der Waals surface area contributed by atoms with Gasteiger partial charge in [0.2, 0.25) is 47.2 Å². The molecule has 7 amide bonds. The number of aliphatic hydroxyl groups excluding tert-OH is 2. The van der Waals surface area contributed by atoms with E-state index in [1.807, 2.05) is 0 Å². The van der Waals surface area contributed by atoms with E-state index in [1.54, 1.807) is 31.2 Å². The Morgan fingerprint density at radius 2 is 1.63 bits per heavy atom. The summed E-state index contributed by atoms with van der Waals surface area (Å²) in [5.41, 5.74) is 15.7. The molecule has 4 heterocycles. The van der Waals surface area contributed by atoms with Gasteiger partial charge in [-0.3, -0.25) is 62.6 Å². The fraction of sp³-hybridized carbons (Fsp3) is 0.429. The number of rotatable bonds is 29. The molecule has 2 aromatic heterocycles. The molecule has 0 spiro atoms. The number of carbonyl (C=O) groups excluding carboxylic acids is 9. The number of hydrazone groups is 1. The number of imide groups is 1. The summed E-state index contributed by atoms with van der Waals surface area (Å²) in [6.07, 6.45) is -7.06. The van der Waals surface area contributed by atoms with Gasteiger partial charge in [0.05, 0.1) is 84.5 Å². The van der Waals surface area contributed by atoms with Gasteiger partial charge in [-0.1, -0.05) is 12.1 Å². The number of likely N-dealkylation sites (tertiary alicyclic amines) is 1. The van der Waals surface area contributed by atoms with E-state index in [0.717, 1.165) is 0 Å². The molecule has 0 saturated carbocycles. The lowest BCUT2D eigenvalue weighted by atomic mass is 9.71. The number of carboxylic acid groups (broad SMARTS) is 2. The van der Waals surface area contributed by atoms with Crippen LogP contribution in [0.5, 0.6) is 17.2 Å². The summed E-state index contributed by atoms with van der Waals surface area (Å²) in [5.74, 6) is -13.4. The number of carbonyl (C=O) groups is 11. The number of aromatic nitrogens is 4. The second-order valence-corrected chi connectivity index (χ2v) is 25.5. The Hall–Kier alpha value is -10.6. The van der Waals surface area contributed by atoms with Crippen LogP contribution in [0, 0.1) is 0 Å². The molecule has 538 valence electrons. The van der Waals surface area contributed by atoms with Gasteiger partial charge in [-0.05, 0) is 50.6 Å². The monoisotopic (exact) mass is 1420 g/mol. The van der Waals surface area contributed by atoms with Gasteiger partial charge < -0.3 is 93.7 Å². The first-order valence-corrected chi connectivity index (χ1v) is 32.5. The number of hydrogen-bond acceptors (Lipinski definition) is 29. The highest BCUT2D eigenvalue weighted by molar-refractivity contribution is 8.00. The van der Waals surface area contributed by atoms with Crippen LogP contribution in [0.2, 0.25) is 0 Å². The van der Waals surface area contributed by atoms with Gasteiger partial charge in [-0.15, -0.1) is 11.8 Å². The Labute approximate surface area is 575 Å². The maximum absolute atomic E-state index is 14.2. The lowest BCUT2D eigenvalue weighted by molar-refractivity contribution is -0.245. The number of nitrogens with two attached hydrogens (primary N) is 3. The number of aliphatic hydroxyl groups is 3. The number of hydrogen-bond donors (Lipinski definition) is 17. The first-order chi connectivity index (χ1) is 47.9. The summed E-state index contributed by atoms with van der Waals surface area (Å²) >= 11 is 0.627. The zero-order chi connectivity index (χ0) is 73.5. The molecule has 4 aliphatic rings. The molecule has 2 saturated heterocycles. The Bertz CT molecular complexity index is 4220. The normalized spacial score (nSPS) is 21.4. The van der Waals surface area contributed by atoms with E-state index < -0.39 is 222 Å². The number of ketones is 2. The van der Waals surface area contributed by atoms with E-state index in [4.69, 9.17) is 31.4 Å². The number of aromatic amines is 1. The predicted molar refractivity (Wildman–Crippen MR) is 352 cm³/mol. The number of thioether (sulfide) groups is 1. The maximum atomic E-state index is 14.2. The predicted octanol–water partition coefficient (Wildman–Crippen LogP) is -3.05. The van der Waals surface area contributed by atoms with Crippen LogP contribution in [-0.2, 0) is 60.8 Å². The van der Waals surface area contributed by atoms with Crippen LogP contribution in [0.25, 0.3) is 11.2 Å². The highest BCUT2D eigenvalue weighted by Gasteiger charge is 2.50.